The molecule has 0 spiro atoms. The van der Waals surface area contributed by atoms with Crippen molar-refractivity contribution in [3.63, 3.8) is 0 Å². The standard InChI is InChI=1S/C9H12OS/c10-11-7-3-5-8-4-1-2-6-9(8)11/h1-2,6,8H,3-5,7H2. The summed E-state index contributed by atoms with van der Waals surface area (Å²) in [6, 6.07) is 0. The largest absolute Gasteiger partial charge is 0.255 e. The molecule has 0 aromatic rings. The van der Waals surface area contributed by atoms with Gasteiger partial charge in [0, 0.05) is 21.5 Å². The first-order valence-electron chi connectivity index (χ1n) is 4.13. The van der Waals surface area contributed by atoms with Crippen LogP contribution in [0.2, 0.25) is 0 Å². The van der Waals surface area contributed by atoms with Crippen LogP contribution in [0, 0.1) is 5.92 Å². The van der Waals surface area contributed by atoms with Gasteiger partial charge in [0.15, 0.2) is 0 Å². The summed E-state index contributed by atoms with van der Waals surface area (Å²) in [5, 5.41) is 0. The van der Waals surface area contributed by atoms with E-state index in [0.29, 0.717) is 5.92 Å². The molecule has 11 heavy (non-hydrogen) atoms. The maximum absolute atomic E-state index is 11.4. The van der Waals surface area contributed by atoms with E-state index in [2.05, 4.69) is 6.08 Å². The van der Waals surface area contributed by atoms with Crippen LogP contribution in [0.5, 0.6) is 0 Å². The van der Waals surface area contributed by atoms with Gasteiger partial charge in [-0.15, -0.1) is 0 Å². The fourth-order valence-electron chi connectivity index (χ4n) is 1.76. The predicted octanol–water partition coefficient (Wildman–Crippen LogP) is 1.99. The number of fused-ring (bicyclic) bond motifs is 1. The van der Waals surface area contributed by atoms with E-state index in [4.69, 9.17) is 0 Å². The lowest BCUT2D eigenvalue weighted by atomic mass is 9.95. The molecule has 0 N–H and O–H groups in total. The Morgan fingerprint density at radius 2 is 2.45 bits per heavy atom. The van der Waals surface area contributed by atoms with Crippen LogP contribution in [0.3, 0.4) is 0 Å². The van der Waals surface area contributed by atoms with E-state index < -0.39 is 10.8 Å². The molecule has 1 aliphatic heterocycles. The summed E-state index contributed by atoms with van der Waals surface area (Å²) in [7, 11) is -0.647. The zero-order valence-electron chi connectivity index (χ0n) is 6.45. The fraction of sp³-hybridized carbons (Fsp3) is 0.556. The SMILES string of the molecule is O=S1CCCC2CC=CC=C21. The van der Waals surface area contributed by atoms with Gasteiger partial charge < -0.3 is 0 Å². The lowest BCUT2D eigenvalue weighted by Crippen LogP contribution is -2.18. The molecule has 2 atom stereocenters. The normalized spacial score (nSPS) is 36.2. The second-order valence-corrected chi connectivity index (χ2v) is 4.69. The average molecular weight is 168 g/mol. The molecule has 1 aliphatic carbocycles. The van der Waals surface area contributed by atoms with Gasteiger partial charge >= 0.3 is 0 Å². The van der Waals surface area contributed by atoms with Gasteiger partial charge in [-0.05, 0) is 25.2 Å². The van der Waals surface area contributed by atoms with Crippen LogP contribution < -0.4 is 0 Å². The van der Waals surface area contributed by atoms with E-state index in [9.17, 15) is 4.21 Å². The summed E-state index contributed by atoms with van der Waals surface area (Å²) in [6.45, 7) is 0. The van der Waals surface area contributed by atoms with E-state index in [-0.39, 0.29) is 0 Å². The summed E-state index contributed by atoms with van der Waals surface area (Å²) in [5.41, 5.74) is 0. The number of allylic oxidation sites excluding steroid dienone is 4. The van der Waals surface area contributed by atoms with Crippen LogP contribution in [-0.2, 0) is 10.8 Å². The topological polar surface area (TPSA) is 17.1 Å². The Hall–Kier alpha value is -0.370. The van der Waals surface area contributed by atoms with Gasteiger partial charge in [-0.25, -0.2) is 0 Å². The minimum absolute atomic E-state index is 0.606. The quantitative estimate of drug-likeness (QED) is 0.540. The maximum Gasteiger partial charge on any atom is 0.0491 e. The Balaban J connectivity index is 2.27. The molecular formula is C9H12OS. The number of hydrogen-bond acceptors (Lipinski definition) is 1. The van der Waals surface area contributed by atoms with Gasteiger partial charge in [0.25, 0.3) is 0 Å². The molecule has 0 saturated carbocycles. The molecule has 1 fully saturated rings. The van der Waals surface area contributed by atoms with Crippen LogP contribution in [0.1, 0.15) is 19.3 Å². The second-order valence-electron chi connectivity index (χ2n) is 3.12. The first-order chi connectivity index (χ1) is 5.38. The zero-order valence-corrected chi connectivity index (χ0v) is 7.27. The molecule has 0 aromatic heterocycles. The van der Waals surface area contributed by atoms with Crippen LogP contribution >= 0.6 is 0 Å². The van der Waals surface area contributed by atoms with Crippen LogP contribution in [0.25, 0.3) is 0 Å². The van der Waals surface area contributed by atoms with Gasteiger partial charge in [0.2, 0.25) is 0 Å². The molecule has 2 rings (SSSR count). The summed E-state index contributed by atoms with van der Waals surface area (Å²) in [5.74, 6) is 1.49. The van der Waals surface area contributed by atoms with Gasteiger partial charge in [-0.3, -0.25) is 4.21 Å². The summed E-state index contributed by atoms with van der Waals surface area (Å²) in [4.78, 5) is 1.19. The van der Waals surface area contributed by atoms with Gasteiger partial charge in [-0.2, -0.15) is 0 Å². The molecule has 60 valence electrons. The molecule has 0 radical (unpaired) electrons. The Labute approximate surface area is 69.6 Å². The molecule has 1 heterocycles. The smallest absolute Gasteiger partial charge is 0.0491 e. The van der Waals surface area contributed by atoms with Crippen molar-refractivity contribution in [1.82, 2.24) is 0 Å². The zero-order chi connectivity index (χ0) is 7.68. The Kier molecular flexibility index (Phi) is 1.95. The third kappa shape index (κ3) is 1.32. The lowest BCUT2D eigenvalue weighted by Gasteiger charge is -2.25. The minimum Gasteiger partial charge on any atom is -0.255 e. The fourth-order valence-corrected chi connectivity index (χ4v) is 3.24. The van der Waals surface area contributed by atoms with Crippen molar-refractivity contribution in [3.8, 4) is 0 Å². The highest BCUT2D eigenvalue weighted by molar-refractivity contribution is 7.89. The molecule has 0 bridgehead atoms. The predicted molar refractivity (Wildman–Crippen MR) is 47.6 cm³/mol. The lowest BCUT2D eigenvalue weighted by molar-refractivity contribution is 0.553. The van der Waals surface area contributed by atoms with Crippen molar-refractivity contribution in [1.29, 1.82) is 0 Å². The second kappa shape index (κ2) is 2.94. The summed E-state index contributed by atoms with van der Waals surface area (Å²) < 4.78 is 11.4. The van der Waals surface area contributed by atoms with Gasteiger partial charge in [0.05, 0.1) is 0 Å². The molecule has 0 amide bonds. The summed E-state index contributed by atoms with van der Waals surface area (Å²) >= 11 is 0. The maximum atomic E-state index is 11.4. The molecule has 2 heteroatoms. The minimum atomic E-state index is -0.647. The van der Waals surface area contributed by atoms with Crippen molar-refractivity contribution in [3.05, 3.63) is 23.1 Å². The first-order valence-corrected chi connectivity index (χ1v) is 5.45. The average Bonchev–Trinajstić information content (AvgIpc) is 2.06. The van der Waals surface area contributed by atoms with Crippen molar-refractivity contribution < 1.29 is 4.21 Å². The molecule has 1 nitrogen and oxygen atoms in total. The highest BCUT2D eigenvalue weighted by Crippen LogP contribution is 2.31. The van der Waals surface area contributed by atoms with Crippen molar-refractivity contribution >= 4 is 10.8 Å². The van der Waals surface area contributed by atoms with Crippen molar-refractivity contribution in [2.75, 3.05) is 5.75 Å². The molecule has 2 aliphatic rings. The van der Waals surface area contributed by atoms with E-state index in [1.807, 2.05) is 12.2 Å². The van der Waals surface area contributed by atoms with Crippen molar-refractivity contribution in [2.45, 2.75) is 19.3 Å². The Bertz CT molecular complexity index is 240. The monoisotopic (exact) mass is 168 g/mol. The van der Waals surface area contributed by atoms with E-state index >= 15 is 0 Å². The highest BCUT2D eigenvalue weighted by atomic mass is 32.2. The molecular weight excluding hydrogens is 156 g/mol. The first kappa shape index (κ1) is 7.29. The number of rotatable bonds is 0. The molecule has 2 unspecified atom stereocenters. The van der Waals surface area contributed by atoms with E-state index in [1.165, 1.54) is 11.3 Å². The Morgan fingerprint density at radius 3 is 3.27 bits per heavy atom. The molecule has 1 saturated heterocycles. The Morgan fingerprint density at radius 1 is 1.55 bits per heavy atom. The van der Waals surface area contributed by atoms with Gasteiger partial charge in [0.1, 0.15) is 0 Å². The van der Waals surface area contributed by atoms with Crippen LogP contribution in [0.15, 0.2) is 23.1 Å². The van der Waals surface area contributed by atoms with Gasteiger partial charge in [-0.1, -0.05) is 18.2 Å². The number of hydrogen-bond donors (Lipinski definition) is 0. The van der Waals surface area contributed by atoms with E-state index in [1.54, 1.807) is 0 Å². The van der Waals surface area contributed by atoms with Crippen molar-refractivity contribution in [2.24, 2.45) is 5.92 Å². The van der Waals surface area contributed by atoms with E-state index in [0.717, 1.165) is 18.6 Å². The molecule has 0 aromatic carbocycles. The highest BCUT2D eigenvalue weighted by Gasteiger charge is 2.24. The third-order valence-electron chi connectivity index (χ3n) is 2.36. The third-order valence-corrected chi connectivity index (χ3v) is 4.02. The van der Waals surface area contributed by atoms with Crippen LogP contribution in [-0.4, -0.2) is 9.96 Å². The van der Waals surface area contributed by atoms with Crippen LogP contribution in [0.4, 0.5) is 0 Å². The summed E-state index contributed by atoms with van der Waals surface area (Å²) in [6.07, 6.45) is 9.75.